The first-order chi connectivity index (χ1) is 20.6. The lowest BCUT2D eigenvalue weighted by Gasteiger charge is -2.40. The molecule has 0 radical (unpaired) electrons. The smallest absolute Gasteiger partial charge is 0.229 e. The number of hydrogen-bond acceptors (Lipinski definition) is 4. The number of halogens is 3. The number of piperazine rings is 1. The molecule has 1 aromatic heterocycles. The molecule has 3 aromatic carbocycles. The van der Waals surface area contributed by atoms with E-state index in [1.165, 1.54) is 24.3 Å². The van der Waals surface area contributed by atoms with Crippen LogP contribution >= 0.6 is 23.8 Å². The summed E-state index contributed by atoms with van der Waals surface area (Å²) in [6, 6.07) is 20.3. The van der Waals surface area contributed by atoms with Gasteiger partial charge in [0.1, 0.15) is 11.6 Å². The average molecular weight is 620 g/mol. The highest BCUT2D eigenvalue weighted by Crippen LogP contribution is 2.30. The van der Waals surface area contributed by atoms with Crippen molar-refractivity contribution in [1.82, 2.24) is 19.8 Å². The number of anilines is 2. The van der Waals surface area contributed by atoms with Crippen molar-refractivity contribution in [2.75, 3.05) is 36.8 Å². The van der Waals surface area contributed by atoms with E-state index in [0.29, 0.717) is 48.8 Å². The third-order valence-corrected chi connectivity index (χ3v) is 7.64. The Hall–Kier alpha value is -3.99. The summed E-state index contributed by atoms with van der Waals surface area (Å²) in [6.45, 7) is 8.29. The van der Waals surface area contributed by atoms with Crippen molar-refractivity contribution < 1.29 is 8.78 Å². The maximum Gasteiger partial charge on any atom is 0.229 e. The van der Waals surface area contributed by atoms with Crippen LogP contribution in [0.1, 0.15) is 34.1 Å². The Balaban J connectivity index is 1.39. The normalized spacial score (nSPS) is 14.2. The van der Waals surface area contributed by atoms with E-state index in [1.807, 2.05) is 45.0 Å². The summed E-state index contributed by atoms with van der Waals surface area (Å²) in [6.07, 6.45) is 0. The Labute approximate surface area is 260 Å². The fourth-order valence-corrected chi connectivity index (χ4v) is 5.60. The molecule has 1 aliphatic rings. The predicted octanol–water partition coefficient (Wildman–Crippen LogP) is 6.91. The maximum absolute atomic E-state index is 13.8. The first-order valence-corrected chi connectivity index (χ1v) is 14.7. The fraction of sp³-hybridized carbons (Fsp3) is 0.250. The van der Waals surface area contributed by atoms with E-state index in [1.54, 1.807) is 24.3 Å². The molecular formula is C32H32ClF2N7S. The molecular weight excluding hydrogens is 588 g/mol. The second kappa shape index (κ2) is 13.5. The molecule has 1 saturated heterocycles. The molecule has 2 N–H and O–H groups in total. The maximum atomic E-state index is 13.8. The zero-order chi connectivity index (χ0) is 30.5. The number of guanidine groups is 1. The number of nitrogens with zero attached hydrogens (tertiary/aromatic N) is 5. The van der Waals surface area contributed by atoms with Crippen LogP contribution in [0.25, 0.3) is 0 Å². The fourth-order valence-electron chi connectivity index (χ4n) is 5.12. The molecule has 0 aliphatic carbocycles. The molecule has 11 heteroatoms. The van der Waals surface area contributed by atoms with Crippen molar-refractivity contribution in [2.24, 2.45) is 4.99 Å². The third-order valence-electron chi connectivity index (χ3n) is 7.13. The predicted molar refractivity (Wildman–Crippen MR) is 173 cm³/mol. The van der Waals surface area contributed by atoms with Gasteiger partial charge in [-0.1, -0.05) is 41.9 Å². The zero-order valence-electron chi connectivity index (χ0n) is 24.1. The lowest BCUT2D eigenvalue weighted by atomic mass is 9.96. The number of benzene rings is 3. The summed E-state index contributed by atoms with van der Waals surface area (Å²) in [4.78, 5) is 18.2. The van der Waals surface area contributed by atoms with Crippen LogP contribution in [-0.4, -0.2) is 57.0 Å². The van der Waals surface area contributed by atoms with E-state index in [2.05, 4.69) is 30.4 Å². The topological polar surface area (TPSA) is 68.7 Å². The minimum absolute atomic E-state index is 0.175. The van der Waals surface area contributed by atoms with E-state index in [0.717, 1.165) is 28.1 Å². The highest BCUT2D eigenvalue weighted by Gasteiger charge is 2.28. The monoisotopic (exact) mass is 619 g/mol. The van der Waals surface area contributed by atoms with Gasteiger partial charge >= 0.3 is 0 Å². The van der Waals surface area contributed by atoms with E-state index in [4.69, 9.17) is 28.8 Å². The first kappa shape index (κ1) is 30.5. The third kappa shape index (κ3) is 7.90. The second-order valence-corrected chi connectivity index (χ2v) is 11.3. The van der Waals surface area contributed by atoms with Crippen molar-refractivity contribution in [2.45, 2.75) is 26.8 Å². The van der Waals surface area contributed by atoms with E-state index in [-0.39, 0.29) is 22.8 Å². The van der Waals surface area contributed by atoms with Crippen molar-refractivity contribution in [1.29, 1.82) is 0 Å². The number of rotatable bonds is 5. The van der Waals surface area contributed by atoms with Gasteiger partial charge in [-0.3, -0.25) is 10.2 Å². The number of aryl methyl sites for hydroxylation is 3. The van der Waals surface area contributed by atoms with E-state index < -0.39 is 0 Å². The van der Waals surface area contributed by atoms with Crippen LogP contribution in [0.3, 0.4) is 0 Å². The van der Waals surface area contributed by atoms with Crippen LogP contribution in [0.5, 0.6) is 0 Å². The molecule has 0 saturated carbocycles. The Morgan fingerprint density at radius 2 is 1.37 bits per heavy atom. The lowest BCUT2D eigenvalue weighted by molar-refractivity contribution is 0.150. The molecule has 1 fully saturated rings. The molecule has 0 unspecified atom stereocenters. The summed E-state index contributed by atoms with van der Waals surface area (Å²) in [7, 11) is 0. The van der Waals surface area contributed by atoms with Crippen molar-refractivity contribution >= 4 is 46.5 Å². The number of aliphatic imine (C=N–C) groups is 1. The number of nitrogens with one attached hydrogen (secondary N) is 2. The van der Waals surface area contributed by atoms with Crippen LogP contribution in [0.2, 0.25) is 5.02 Å². The SMILES string of the molecule is Cc1ccc(NC(=S)/N=C(/Nc2nc(C)cc(C)n2)N2CCN(C(c3ccc(F)cc3)c3ccc(F)cc3)CC2)c(Cl)c1. The molecule has 4 aromatic rings. The standard InChI is InChI=1S/C32H32ClF2N7S/c1-20-4-13-28(27(33)18-20)38-32(43)40-31(39-30-36-21(2)19-22(3)37-30)42-16-14-41(15-17-42)29(23-5-9-25(34)10-6-23)24-7-11-26(35)12-8-24/h4-13,18-19,29H,14-17H2,1-3H3,(H2,36,37,38,39,40,43). The largest absolute Gasteiger partial charge is 0.340 e. The number of hydrogen-bond donors (Lipinski definition) is 2. The molecule has 222 valence electrons. The van der Waals surface area contributed by atoms with Gasteiger partial charge in [-0.2, -0.15) is 4.99 Å². The van der Waals surface area contributed by atoms with Gasteiger partial charge in [0.05, 0.1) is 16.8 Å². The quantitative estimate of drug-likeness (QED) is 0.143. The average Bonchev–Trinajstić information content (AvgIpc) is 2.96. The Kier molecular flexibility index (Phi) is 9.59. The van der Waals surface area contributed by atoms with E-state index >= 15 is 0 Å². The minimum Gasteiger partial charge on any atom is -0.340 e. The Morgan fingerprint density at radius 1 is 0.814 bits per heavy atom. The van der Waals surface area contributed by atoms with Gasteiger partial charge in [-0.15, -0.1) is 0 Å². The summed E-state index contributed by atoms with van der Waals surface area (Å²) in [5.74, 6) is 0.322. The summed E-state index contributed by atoms with van der Waals surface area (Å²) < 4.78 is 27.5. The highest BCUT2D eigenvalue weighted by atomic mass is 35.5. The molecule has 0 atom stereocenters. The van der Waals surface area contributed by atoms with Gasteiger partial charge in [0.25, 0.3) is 0 Å². The van der Waals surface area contributed by atoms with Crippen LogP contribution < -0.4 is 10.6 Å². The van der Waals surface area contributed by atoms with Gasteiger partial charge in [0, 0.05) is 37.6 Å². The van der Waals surface area contributed by atoms with Crippen molar-refractivity contribution in [3.05, 3.63) is 118 Å². The Morgan fingerprint density at radius 3 is 1.91 bits per heavy atom. The minimum atomic E-state index is -0.302. The zero-order valence-corrected chi connectivity index (χ0v) is 25.7. The molecule has 0 spiro atoms. The van der Waals surface area contributed by atoms with E-state index in [9.17, 15) is 8.78 Å². The van der Waals surface area contributed by atoms with Gasteiger partial charge in [-0.25, -0.2) is 18.7 Å². The molecule has 2 heterocycles. The van der Waals surface area contributed by atoms with Crippen molar-refractivity contribution in [3.8, 4) is 0 Å². The molecule has 5 rings (SSSR count). The van der Waals surface area contributed by atoms with Crippen LogP contribution in [-0.2, 0) is 0 Å². The lowest BCUT2D eigenvalue weighted by Crippen LogP contribution is -2.52. The van der Waals surface area contributed by atoms with Crippen LogP contribution in [0.4, 0.5) is 20.4 Å². The van der Waals surface area contributed by atoms with Crippen molar-refractivity contribution in [3.63, 3.8) is 0 Å². The highest BCUT2D eigenvalue weighted by molar-refractivity contribution is 7.80. The second-order valence-electron chi connectivity index (χ2n) is 10.5. The van der Waals surface area contributed by atoms with Gasteiger partial charge in [-0.05, 0) is 92.1 Å². The molecule has 43 heavy (non-hydrogen) atoms. The van der Waals surface area contributed by atoms with Gasteiger partial charge in [0.2, 0.25) is 17.0 Å². The number of aromatic nitrogens is 2. The molecule has 0 bridgehead atoms. The Bertz CT molecular complexity index is 1560. The van der Waals surface area contributed by atoms with Crippen LogP contribution in [0.15, 0.2) is 77.8 Å². The molecule has 1 aliphatic heterocycles. The molecule has 7 nitrogen and oxygen atoms in total. The first-order valence-electron chi connectivity index (χ1n) is 13.9. The van der Waals surface area contributed by atoms with Gasteiger partial charge in [0.15, 0.2) is 0 Å². The summed E-state index contributed by atoms with van der Waals surface area (Å²) in [5.41, 5.74) is 5.21. The number of thiocarbonyl (C=S) groups is 1. The molecule has 0 amide bonds. The van der Waals surface area contributed by atoms with Crippen LogP contribution in [0, 0.1) is 32.4 Å². The van der Waals surface area contributed by atoms with Gasteiger partial charge < -0.3 is 10.2 Å². The summed E-state index contributed by atoms with van der Waals surface area (Å²) >= 11 is 12.0. The summed E-state index contributed by atoms with van der Waals surface area (Å²) in [5, 5.41) is 7.19.